The lowest BCUT2D eigenvalue weighted by Crippen LogP contribution is -2.29. The molecule has 1 atom stereocenters. The molecule has 1 unspecified atom stereocenters. The van der Waals surface area contributed by atoms with Crippen molar-refractivity contribution in [3.63, 3.8) is 0 Å². The SMILES string of the molecule is CCCCCCCCOC(=O)CCCCCCCN(CCO)CCCCCCCOOC(CCCCC)CCCCCCCC. The fourth-order valence-electron chi connectivity index (χ4n) is 5.94. The Morgan fingerprint density at radius 1 is 0.533 bits per heavy atom. The van der Waals surface area contributed by atoms with E-state index in [1.165, 1.54) is 128 Å². The van der Waals surface area contributed by atoms with E-state index in [9.17, 15) is 9.90 Å². The number of aliphatic hydroxyl groups excluding tert-OH is 1. The molecule has 270 valence electrons. The maximum absolute atomic E-state index is 11.9. The minimum absolute atomic E-state index is 0.0243. The zero-order chi connectivity index (χ0) is 32.9. The van der Waals surface area contributed by atoms with E-state index in [-0.39, 0.29) is 18.7 Å². The van der Waals surface area contributed by atoms with Gasteiger partial charge in [-0.05, 0) is 58.0 Å². The number of unbranched alkanes of at least 4 members (excludes halogenated alkanes) is 20. The molecule has 0 saturated carbocycles. The van der Waals surface area contributed by atoms with Crippen LogP contribution < -0.4 is 0 Å². The van der Waals surface area contributed by atoms with Crippen LogP contribution in [-0.2, 0) is 19.3 Å². The van der Waals surface area contributed by atoms with Crippen LogP contribution in [0.3, 0.4) is 0 Å². The van der Waals surface area contributed by atoms with E-state index in [0.29, 0.717) is 19.6 Å². The molecule has 1 N–H and O–H groups in total. The van der Waals surface area contributed by atoms with Gasteiger partial charge in [0.2, 0.25) is 0 Å². The van der Waals surface area contributed by atoms with Gasteiger partial charge in [0.25, 0.3) is 0 Å². The van der Waals surface area contributed by atoms with Crippen molar-refractivity contribution in [3.8, 4) is 0 Å². The topological polar surface area (TPSA) is 68.2 Å². The fraction of sp³-hybridized carbons (Fsp3) is 0.974. The van der Waals surface area contributed by atoms with Crippen LogP contribution >= 0.6 is 0 Å². The molecule has 0 aliphatic rings. The molecule has 0 fully saturated rings. The van der Waals surface area contributed by atoms with Gasteiger partial charge in [-0.3, -0.25) is 4.79 Å². The quantitative estimate of drug-likeness (QED) is 0.0313. The summed E-state index contributed by atoms with van der Waals surface area (Å²) in [6, 6.07) is 0. The smallest absolute Gasteiger partial charge is 0.305 e. The molecule has 0 heterocycles. The summed E-state index contributed by atoms with van der Waals surface area (Å²) in [5.74, 6) is -0.0243. The molecule has 0 aromatic rings. The van der Waals surface area contributed by atoms with E-state index >= 15 is 0 Å². The lowest BCUT2D eigenvalue weighted by Gasteiger charge is -2.21. The number of nitrogens with zero attached hydrogens (tertiary/aromatic N) is 1. The number of hydrogen-bond donors (Lipinski definition) is 1. The number of ether oxygens (including phenoxy) is 1. The molecular formula is C39H79NO5. The number of aliphatic hydroxyl groups is 1. The highest BCUT2D eigenvalue weighted by Crippen LogP contribution is 2.17. The monoisotopic (exact) mass is 642 g/mol. The molecule has 0 spiro atoms. The molecule has 0 amide bonds. The average molecular weight is 642 g/mol. The second-order valence-corrected chi connectivity index (χ2v) is 13.4. The highest BCUT2D eigenvalue weighted by atomic mass is 17.2. The van der Waals surface area contributed by atoms with Gasteiger partial charge in [-0.25, -0.2) is 9.78 Å². The molecule has 45 heavy (non-hydrogen) atoms. The van der Waals surface area contributed by atoms with Crippen molar-refractivity contribution >= 4 is 5.97 Å². The summed E-state index contributed by atoms with van der Waals surface area (Å²) in [7, 11) is 0. The number of carbonyl (C=O) groups excluding carboxylic acids is 1. The lowest BCUT2D eigenvalue weighted by molar-refractivity contribution is -0.327. The summed E-state index contributed by atoms with van der Waals surface area (Å²) in [5.41, 5.74) is 0. The van der Waals surface area contributed by atoms with E-state index in [1.807, 2.05) is 0 Å². The number of esters is 1. The Morgan fingerprint density at radius 3 is 1.56 bits per heavy atom. The number of hydrogen-bond acceptors (Lipinski definition) is 6. The van der Waals surface area contributed by atoms with Gasteiger partial charge in [-0.1, -0.05) is 149 Å². The summed E-state index contributed by atoms with van der Waals surface area (Å²) in [5, 5.41) is 9.49. The molecule has 0 aromatic carbocycles. The van der Waals surface area contributed by atoms with Crippen molar-refractivity contribution in [2.75, 3.05) is 39.5 Å². The molecule has 0 bridgehead atoms. The molecule has 0 aliphatic heterocycles. The van der Waals surface area contributed by atoms with E-state index in [0.717, 1.165) is 64.6 Å². The Hall–Kier alpha value is -0.690. The predicted octanol–water partition coefficient (Wildman–Crippen LogP) is 11.1. The van der Waals surface area contributed by atoms with Gasteiger partial charge in [0.1, 0.15) is 0 Å². The average Bonchev–Trinajstić information content (AvgIpc) is 3.04. The minimum Gasteiger partial charge on any atom is -0.466 e. The predicted molar refractivity (Wildman–Crippen MR) is 192 cm³/mol. The molecule has 0 aromatic heterocycles. The Balaban J connectivity index is 3.74. The van der Waals surface area contributed by atoms with Gasteiger partial charge in [0, 0.05) is 13.0 Å². The Kier molecular flexibility index (Phi) is 37.2. The second kappa shape index (κ2) is 37.8. The lowest BCUT2D eigenvalue weighted by atomic mass is 10.0. The molecule has 0 aliphatic carbocycles. The van der Waals surface area contributed by atoms with Crippen LogP contribution in [0, 0.1) is 0 Å². The van der Waals surface area contributed by atoms with E-state index in [4.69, 9.17) is 14.5 Å². The first kappa shape index (κ1) is 44.3. The Labute approximate surface area is 281 Å². The van der Waals surface area contributed by atoms with Crippen molar-refractivity contribution in [1.29, 1.82) is 0 Å². The first-order chi connectivity index (χ1) is 22.2. The van der Waals surface area contributed by atoms with Gasteiger partial charge in [-0.15, -0.1) is 0 Å². The third-order valence-corrected chi connectivity index (χ3v) is 8.95. The van der Waals surface area contributed by atoms with Crippen LogP contribution in [0.2, 0.25) is 0 Å². The van der Waals surface area contributed by atoms with Crippen LogP contribution in [0.15, 0.2) is 0 Å². The summed E-state index contributed by atoms with van der Waals surface area (Å²) in [4.78, 5) is 25.8. The van der Waals surface area contributed by atoms with Crippen molar-refractivity contribution in [1.82, 2.24) is 4.90 Å². The van der Waals surface area contributed by atoms with E-state index in [1.54, 1.807) is 0 Å². The zero-order valence-electron chi connectivity index (χ0n) is 30.6. The largest absolute Gasteiger partial charge is 0.466 e. The fourth-order valence-corrected chi connectivity index (χ4v) is 5.94. The molecular weight excluding hydrogens is 562 g/mol. The highest BCUT2D eigenvalue weighted by Gasteiger charge is 2.10. The van der Waals surface area contributed by atoms with Crippen LogP contribution in [0.5, 0.6) is 0 Å². The zero-order valence-corrected chi connectivity index (χ0v) is 30.6. The van der Waals surface area contributed by atoms with Crippen LogP contribution in [0.25, 0.3) is 0 Å². The first-order valence-electron chi connectivity index (χ1n) is 19.9. The summed E-state index contributed by atoms with van der Waals surface area (Å²) in [6.07, 6.45) is 33.6. The highest BCUT2D eigenvalue weighted by molar-refractivity contribution is 5.69. The van der Waals surface area contributed by atoms with Crippen molar-refractivity contribution in [2.24, 2.45) is 0 Å². The third-order valence-electron chi connectivity index (χ3n) is 8.95. The first-order valence-corrected chi connectivity index (χ1v) is 19.9. The molecule has 0 saturated heterocycles. The Bertz CT molecular complexity index is 576. The van der Waals surface area contributed by atoms with Gasteiger partial charge in [0.15, 0.2) is 0 Å². The maximum atomic E-state index is 11.9. The number of carbonyl (C=O) groups is 1. The molecule has 0 rings (SSSR count). The normalized spacial score (nSPS) is 12.3. The van der Waals surface area contributed by atoms with Crippen LogP contribution in [0.4, 0.5) is 0 Å². The number of rotatable bonds is 38. The van der Waals surface area contributed by atoms with Gasteiger partial charge in [0.05, 0.1) is 25.9 Å². The Morgan fingerprint density at radius 2 is 0.978 bits per heavy atom. The van der Waals surface area contributed by atoms with Gasteiger partial charge < -0.3 is 14.7 Å². The standard InChI is InChI=1S/C39H79NO5/c1-4-7-10-12-16-23-30-38(29-22-9-6-3)45-44-37-28-21-15-19-26-33-40(34-35-41)32-25-18-14-17-24-31-39(42)43-36-27-20-13-11-8-5-2/h38,41H,4-37H2,1-3H3. The van der Waals surface area contributed by atoms with E-state index < -0.39 is 0 Å². The maximum Gasteiger partial charge on any atom is 0.305 e. The summed E-state index contributed by atoms with van der Waals surface area (Å²) >= 11 is 0. The van der Waals surface area contributed by atoms with Crippen LogP contribution in [0.1, 0.15) is 201 Å². The third kappa shape index (κ3) is 34.5. The van der Waals surface area contributed by atoms with Crippen molar-refractivity contribution in [3.05, 3.63) is 0 Å². The van der Waals surface area contributed by atoms with Crippen LogP contribution in [-0.4, -0.2) is 61.5 Å². The van der Waals surface area contributed by atoms with Crippen molar-refractivity contribution in [2.45, 2.75) is 207 Å². The molecule has 6 heteroatoms. The second-order valence-electron chi connectivity index (χ2n) is 13.4. The van der Waals surface area contributed by atoms with Gasteiger partial charge >= 0.3 is 5.97 Å². The van der Waals surface area contributed by atoms with Gasteiger partial charge in [-0.2, -0.15) is 0 Å². The molecule has 0 radical (unpaired) electrons. The molecule has 6 nitrogen and oxygen atoms in total. The van der Waals surface area contributed by atoms with E-state index in [2.05, 4.69) is 25.7 Å². The minimum atomic E-state index is -0.0243. The van der Waals surface area contributed by atoms with Crippen molar-refractivity contribution < 1.29 is 24.4 Å². The summed E-state index contributed by atoms with van der Waals surface area (Å²) in [6.45, 7) is 11.2. The summed E-state index contributed by atoms with van der Waals surface area (Å²) < 4.78 is 5.38.